The lowest BCUT2D eigenvalue weighted by Crippen LogP contribution is -2.24. The van der Waals surface area contributed by atoms with Crippen molar-refractivity contribution in [1.29, 1.82) is 0 Å². The fourth-order valence-electron chi connectivity index (χ4n) is 1.53. The molecule has 1 N–H and O–H groups in total. The molecular weight excluding hydrogens is 250 g/mol. The van der Waals surface area contributed by atoms with Crippen LogP contribution in [0.2, 0.25) is 0 Å². The zero-order valence-electron chi connectivity index (χ0n) is 9.87. The van der Waals surface area contributed by atoms with Gasteiger partial charge in [-0.3, -0.25) is 0 Å². The van der Waals surface area contributed by atoms with Gasteiger partial charge in [0.05, 0.1) is 17.1 Å². The maximum Gasteiger partial charge on any atom is 0.241 e. The Labute approximate surface area is 106 Å². The molecule has 0 aliphatic carbocycles. The topological polar surface area (TPSA) is 72.0 Å². The largest absolute Gasteiger partial charge is 0.241 e. The summed E-state index contributed by atoms with van der Waals surface area (Å²) in [5.74, 6) is 0. The molecule has 0 aliphatic heterocycles. The van der Waals surface area contributed by atoms with E-state index in [9.17, 15) is 8.42 Å². The fraction of sp³-hybridized carbons (Fsp3) is 0.167. The first-order valence-corrected chi connectivity index (χ1v) is 6.90. The SMILES string of the molecule is Cc1ccccc1S(=O)(=O)NCc1cccnn1. The Kier molecular flexibility index (Phi) is 3.69. The quantitative estimate of drug-likeness (QED) is 0.901. The Morgan fingerprint density at radius 1 is 1.17 bits per heavy atom. The van der Waals surface area contributed by atoms with Crippen molar-refractivity contribution in [3.63, 3.8) is 0 Å². The molecule has 0 fully saturated rings. The van der Waals surface area contributed by atoms with Crippen molar-refractivity contribution in [2.75, 3.05) is 0 Å². The Bertz CT molecular complexity index is 627. The Morgan fingerprint density at radius 3 is 2.61 bits per heavy atom. The summed E-state index contributed by atoms with van der Waals surface area (Å²) in [6.45, 7) is 1.89. The highest BCUT2D eigenvalue weighted by Crippen LogP contribution is 2.13. The molecule has 2 rings (SSSR count). The second kappa shape index (κ2) is 5.24. The van der Waals surface area contributed by atoms with Gasteiger partial charge >= 0.3 is 0 Å². The van der Waals surface area contributed by atoms with Crippen molar-refractivity contribution < 1.29 is 8.42 Å². The first-order chi connectivity index (χ1) is 8.59. The minimum Gasteiger partial charge on any atom is -0.207 e. The van der Waals surface area contributed by atoms with Gasteiger partial charge in [-0.2, -0.15) is 10.2 Å². The molecule has 94 valence electrons. The van der Waals surface area contributed by atoms with Gasteiger partial charge < -0.3 is 0 Å². The Morgan fingerprint density at radius 2 is 1.94 bits per heavy atom. The summed E-state index contributed by atoms with van der Waals surface area (Å²) in [7, 11) is -3.51. The number of aryl methyl sites for hydroxylation is 1. The van der Waals surface area contributed by atoms with Gasteiger partial charge in [-0.05, 0) is 30.7 Å². The molecule has 18 heavy (non-hydrogen) atoms. The monoisotopic (exact) mass is 263 g/mol. The molecule has 0 unspecified atom stereocenters. The average molecular weight is 263 g/mol. The average Bonchev–Trinajstić information content (AvgIpc) is 2.38. The minimum atomic E-state index is -3.51. The number of hydrogen-bond acceptors (Lipinski definition) is 4. The van der Waals surface area contributed by atoms with E-state index in [0.29, 0.717) is 11.3 Å². The molecule has 1 aromatic carbocycles. The van der Waals surface area contributed by atoms with E-state index in [1.807, 2.05) is 0 Å². The molecule has 0 spiro atoms. The van der Waals surface area contributed by atoms with Crippen LogP contribution in [0.15, 0.2) is 47.5 Å². The third-order valence-corrected chi connectivity index (χ3v) is 4.02. The number of benzene rings is 1. The van der Waals surface area contributed by atoms with Gasteiger partial charge in [-0.1, -0.05) is 18.2 Å². The first kappa shape index (κ1) is 12.7. The van der Waals surface area contributed by atoms with Gasteiger partial charge in [0.2, 0.25) is 10.0 Å². The van der Waals surface area contributed by atoms with E-state index in [-0.39, 0.29) is 11.4 Å². The van der Waals surface area contributed by atoms with Gasteiger partial charge in [0.15, 0.2) is 0 Å². The third kappa shape index (κ3) is 2.91. The maximum atomic E-state index is 12.1. The van der Waals surface area contributed by atoms with Crippen LogP contribution in [0.3, 0.4) is 0 Å². The summed E-state index contributed by atoms with van der Waals surface area (Å²) in [4.78, 5) is 0.286. The van der Waals surface area contributed by atoms with Gasteiger partial charge in [0, 0.05) is 6.20 Å². The summed E-state index contributed by atoms with van der Waals surface area (Å²) in [5, 5.41) is 7.51. The van der Waals surface area contributed by atoms with Crippen LogP contribution in [0, 0.1) is 6.92 Å². The number of rotatable bonds is 4. The number of aromatic nitrogens is 2. The van der Waals surface area contributed by atoms with Crippen molar-refractivity contribution in [3.05, 3.63) is 53.9 Å². The lowest BCUT2D eigenvalue weighted by molar-refractivity contribution is 0.579. The number of nitrogens with one attached hydrogen (secondary N) is 1. The molecule has 5 nitrogen and oxygen atoms in total. The van der Waals surface area contributed by atoms with Crippen LogP contribution in [0.5, 0.6) is 0 Å². The van der Waals surface area contributed by atoms with E-state index in [2.05, 4.69) is 14.9 Å². The predicted octanol–water partition coefficient (Wildman–Crippen LogP) is 1.26. The second-order valence-corrected chi connectivity index (χ2v) is 5.54. The second-order valence-electron chi connectivity index (χ2n) is 3.81. The van der Waals surface area contributed by atoms with Crippen molar-refractivity contribution in [2.45, 2.75) is 18.4 Å². The summed E-state index contributed by atoms with van der Waals surface area (Å²) in [6, 6.07) is 10.3. The molecule has 0 radical (unpaired) electrons. The van der Waals surface area contributed by atoms with Gasteiger partial charge in [-0.25, -0.2) is 13.1 Å². The number of hydrogen-bond donors (Lipinski definition) is 1. The van der Waals surface area contributed by atoms with Crippen LogP contribution in [-0.4, -0.2) is 18.6 Å². The summed E-state index contributed by atoms with van der Waals surface area (Å²) >= 11 is 0. The maximum absolute atomic E-state index is 12.1. The molecule has 1 heterocycles. The minimum absolute atomic E-state index is 0.129. The van der Waals surface area contributed by atoms with Crippen molar-refractivity contribution in [3.8, 4) is 0 Å². The van der Waals surface area contributed by atoms with Crippen LogP contribution in [0.25, 0.3) is 0 Å². The molecule has 0 saturated heterocycles. The molecule has 6 heteroatoms. The van der Waals surface area contributed by atoms with Crippen molar-refractivity contribution >= 4 is 10.0 Å². The van der Waals surface area contributed by atoms with Gasteiger partial charge in [0.25, 0.3) is 0 Å². The highest BCUT2D eigenvalue weighted by molar-refractivity contribution is 7.89. The zero-order valence-corrected chi connectivity index (χ0v) is 10.7. The lowest BCUT2D eigenvalue weighted by Gasteiger charge is -2.08. The van der Waals surface area contributed by atoms with E-state index in [0.717, 1.165) is 0 Å². The summed E-state index contributed by atoms with van der Waals surface area (Å²) < 4.78 is 26.6. The normalized spacial score (nSPS) is 11.4. The summed E-state index contributed by atoms with van der Waals surface area (Å²) in [5.41, 5.74) is 1.29. The fourth-order valence-corrected chi connectivity index (χ4v) is 2.78. The standard InChI is InChI=1S/C12H13N3O2S/c1-10-5-2-3-7-12(10)18(16,17)14-9-11-6-4-8-13-15-11/h2-8,14H,9H2,1H3. The smallest absolute Gasteiger partial charge is 0.207 e. The van der Waals surface area contributed by atoms with Crippen LogP contribution < -0.4 is 4.72 Å². The lowest BCUT2D eigenvalue weighted by atomic mass is 10.2. The van der Waals surface area contributed by atoms with Crippen molar-refractivity contribution in [1.82, 2.24) is 14.9 Å². The molecule has 1 aromatic heterocycles. The molecule has 2 aromatic rings. The molecule has 0 atom stereocenters. The van der Waals surface area contributed by atoms with Crippen LogP contribution in [0.1, 0.15) is 11.3 Å². The van der Waals surface area contributed by atoms with Gasteiger partial charge in [-0.15, -0.1) is 0 Å². The van der Waals surface area contributed by atoms with E-state index < -0.39 is 10.0 Å². The Hall–Kier alpha value is -1.79. The first-order valence-electron chi connectivity index (χ1n) is 5.41. The highest BCUT2D eigenvalue weighted by atomic mass is 32.2. The van der Waals surface area contributed by atoms with Crippen LogP contribution >= 0.6 is 0 Å². The van der Waals surface area contributed by atoms with E-state index in [1.165, 1.54) is 0 Å². The van der Waals surface area contributed by atoms with E-state index in [4.69, 9.17) is 0 Å². The number of nitrogens with zero attached hydrogens (tertiary/aromatic N) is 2. The molecule has 0 bridgehead atoms. The zero-order chi connectivity index (χ0) is 13.0. The van der Waals surface area contributed by atoms with Crippen molar-refractivity contribution in [2.24, 2.45) is 0 Å². The summed E-state index contributed by atoms with van der Waals surface area (Å²) in [6.07, 6.45) is 1.54. The molecule has 0 saturated carbocycles. The third-order valence-electron chi connectivity index (χ3n) is 2.45. The predicted molar refractivity (Wildman–Crippen MR) is 67.2 cm³/mol. The molecular formula is C12H13N3O2S. The van der Waals surface area contributed by atoms with E-state index >= 15 is 0 Å². The highest BCUT2D eigenvalue weighted by Gasteiger charge is 2.15. The van der Waals surface area contributed by atoms with E-state index in [1.54, 1.807) is 49.5 Å². The van der Waals surface area contributed by atoms with Gasteiger partial charge in [0.1, 0.15) is 0 Å². The number of sulfonamides is 1. The van der Waals surface area contributed by atoms with Crippen LogP contribution in [-0.2, 0) is 16.6 Å². The molecule has 0 aliphatic rings. The molecule has 0 amide bonds. The Balaban J connectivity index is 2.16. The van der Waals surface area contributed by atoms with Crippen LogP contribution in [0.4, 0.5) is 0 Å².